The zero-order valence-electron chi connectivity index (χ0n) is 18.6. The number of fused-ring (bicyclic) bond motifs is 4. The van der Waals surface area contributed by atoms with Gasteiger partial charge in [-0.15, -0.1) is 11.3 Å². The van der Waals surface area contributed by atoms with Crippen LogP contribution in [0.25, 0.3) is 32.5 Å². The number of H-pyrrole nitrogens is 1. The van der Waals surface area contributed by atoms with Crippen LogP contribution in [0.5, 0.6) is 0 Å². The molecule has 0 spiro atoms. The van der Waals surface area contributed by atoms with Gasteiger partial charge in [0.25, 0.3) is 11.2 Å². The van der Waals surface area contributed by atoms with E-state index in [0.29, 0.717) is 26.5 Å². The molecule has 0 saturated carbocycles. The van der Waals surface area contributed by atoms with Gasteiger partial charge in [0.15, 0.2) is 0 Å². The molecular formula is C26H20N4O3S2. The molecule has 0 aliphatic heterocycles. The number of pyridine rings is 1. The van der Waals surface area contributed by atoms with Gasteiger partial charge in [0, 0.05) is 33.0 Å². The summed E-state index contributed by atoms with van der Waals surface area (Å²) in [5, 5.41) is 13.6. The van der Waals surface area contributed by atoms with Gasteiger partial charge in [0.2, 0.25) is 0 Å². The van der Waals surface area contributed by atoms with Crippen molar-refractivity contribution in [3.8, 4) is 11.4 Å². The Balaban J connectivity index is 1.42. The van der Waals surface area contributed by atoms with Gasteiger partial charge in [-0.2, -0.15) is 0 Å². The van der Waals surface area contributed by atoms with E-state index < -0.39 is 4.92 Å². The molecule has 0 bridgehead atoms. The topological polar surface area (TPSA) is 102 Å². The maximum absolute atomic E-state index is 13.0. The Morgan fingerprint density at radius 2 is 1.89 bits per heavy atom. The van der Waals surface area contributed by atoms with Crippen molar-refractivity contribution in [1.29, 1.82) is 0 Å². The molecule has 0 amide bonds. The third-order valence-corrected chi connectivity index (χ3v) is 8.62. The van der Waals surface area contributed by atoms with Crippen molar-refractivity contribution in [2.45, 2.75) is 41.9 Å². The lowest BCUT2D eigenvalue weighted by Gasteiger charge is -2.08. The molecule has 7 nitrogen and oxygen atoms in total. The van der Waals surface area contributed by atoms with E-state index in [1.165, 1.54) is 29.1 Å². The summed E-state index contributed by atoms with van der Waals surface area (Å²) in [5.41, 5.74) is 2.23. The number of aryl methyl sites for hydroxylation is 2. The third-order valence-electron chi connectivity index (χ3n) is 6.32. The highest BCUT2D eigenvalue weighted by Gasteiger charge is 2.22. The minimum absolute atomic E-state index is 0.0369. The largest absolute Gasteiger partial charge is 0.306 e. The number of nitrogens with zero attached hydrogens (tertiary/aromatic N) is 3. The van der Waals surface area contributed by atoms with Crippen LogP contribution in [0.1, 0.15) is 29.7 Å². The second-order valence-electron chi connectivity index (χ2n) is 8.53. The molecule has 3 aromatic heterocycles. The minimum atomic E-state index is -0.394. The van der Waals surface area contributed by atoms with E-state index in [4.69, 9.17) is 4.98 Å². The monoisotopic (exact) mass is 500 g/mol. The molecule has 1 aliphatic carbocycles. The number of thiophene rings is 1. The van der Waals surface area contributed by atoms with Crippen molar-refractivity contribution in [1.82, 2.24) is 15.0 Å². The third kappa shape index (κ3) is 4.00. The second kappa shape index (κ2) is 8.90. The van der Waals surface area contributed by atoms with Crippen molar-refractivity contribution in [2.24, 2.45) is 0 Å². The van der Waals surface area contributed by atoms with Crippen molar-refractivity contribution >= 4 is 49.9 Å². The summed E-state index contributed by atoms with van der Waals surface area (Å²) < 4.78 is 0. The van der Waals surface area contributed by atoms with Crippen LogP contribution in [0.3, 0.4) is 0 Å². The quantitative estimate of drug-likeness (QED) is 0.171. The number of nitro benzene ring substituents is 1. The predicted octanol–water partition coefficient (Wildman–Crippen LogP) is 6.53. The van der Waals surface area contributed by atoms with E-state index in [-0.39, 0.29) is 11.2 Å². The summed E-state index contributed by atoms with van der Waals surface area (Å²) >= 11 is 2.88. The fraction of sp³-hybridized carbons (Fsp3) is 0.192. The number of aromatic nitrogens is 3. The van der Waals surface area contributed by atoms with Crippen molar-refractivity contribution in [2.75, 3.05) is 0 Å². The Morgan fingerprint density at radius 1 is 1.03 bits per heavy atom. The normalized spacial score (nSPS) is 13.6. The zero-order chi connectivity index (χ0) is 23.9. The first kappa shape index (κ1) is 21.9. The van der Waals surface area contributed by atoms with E-state index in [9.17, 15) is 14.9 Å². The zero-order valence-corrected chi connectivity index (χ0v) is 20.2. The van der Waals surface area contributed by atoms with Gasteiger partial charge in [0.1, 0.15) is 10.7 Å². The first-order chi connectivity index (χ1) is 17.1. The molecule has 0 radical (unpaired) electrons. The van der Waals surface area contributed by atoms with Gasteiger partial charge < -0.3 is 4.98 Å². The maximum Gasteiger partial charge on any atom is 0.283 e. The molecule has 0 saturated heterocycles. The van der Waals surface area contributed by atoms with Gasteiger partial charge in [-0.25, -0.2) is 4.98 Å². The van der Waals surface area contributed by atoms with Crippen molar-refractivity contribution < 1.29 is 4.92 Å². The molecule has 174 valence electrons. The minimum Gasteiger partial charge on any atom is -0.306 e. The molecule has 35 heavy (non-hydrogen) atoms. The van der Waals surface area contributed by atoms with Gasteiger partial charge in [-0.05, 0) is 55.5 Å². The molecule has 1 aliphatic rings. The molecule has 1 N–H and O–H groups in total. The van der Waals surface area contributed by atoms with Crippen LogP contribution in [0.2, 0.25) is 0 Å². The number of nitro groups is 1. The van der Waals surface area contributed by atoms with E-state index >= 15 is 0 Å². The first-order valence-electron chi connectivity index (χ1n) is 11.4. The standard InChI is InChI=1S/C26H20N4O3S2/c31-25-22-17-8-2-1-3-9-19(17)35-26(22)29-24(28-25)16-11-12-20(18(14-16)30(32)33)34-21-10-4-6-15-7-5-13-27-23(15)21/h4-7,10-14H,1-3,8-9H2,(H,28,29,31). The van der Waals surface area contributed by atoms with Gasteiger partial charge in [-0.3, -0.25) is 19.9 Å². The average molecular weight is 501 g/mol. The summed E-state index contributed by atoms with van der Waals surface area (Å²) in [7, 11) is 0. The molecule has 5 aromatic rings. The molecule has 6 rings (SSSR count). The molecule has 0 atom stereocenters. The molecule has 2 aromatic carbocycles. The lowest BCUT2D eigenvalue weighted by atomic mass is 10.1. The SMILES string of the molecule is O=c1[nH]c(-c2ccc(Sc3cccc4cccnc34)c([N+](=O)[O-])c2)nc2sc3c(c12)CCCCC3. The van der Waals surface area contributed by atoms with Crippen LogP contribution >= 0.6 is 23.1 Å². The van der Waals surface area contributed by atoms with Crippen LogP contribution in [0, 0.1) is 10.1 Å². The van der Waals surface area contributed by atoms with E-state index in [0.717, 1.165) is 47.0 Å². The molecule has 9 heteroatoms. The maximum atomic E-state index is 13.0. The van der Waals surface area contributed by atoms with Crippen LogP contribution in [0.4, 0.5) is 5.69 Å². The molecular weight excluding hydrogens is 480 g/mol. The Kier molecular flexibility index (Phi) is 5.58. The summed E-state index contributed by atoms with van der Waals surface area (Å²) in [5.74, 6) is 0.352. The van der Waals surface area contributed by atoms with Gasteiger partial charge in [0.05, 0.1) is 20.7 Å². The van der Waals surface area contributed by atoms with Crippen molar-refractivity contribution in [3.63, 3.8) is 0 Å². The highest BCUT2D eigenvalue weighted by molar-refractivity contribution is 7.99. The summed E-state index contributed by atoms with van der Waals surface area (Å²) in [6, 6.07) is 14.6. The lowest BCUT2D eigenvalue weighted by Crippen LogP contribution is -2.10. The lowest BCUT2D eigenvalue weighted by molar-refractivity contribution is -0.387. The number of hydrogen-bond donors (Lipinski definition) is 1. The number of para-hydroxylation sites is 1. The Hall–Kier alpha value is -3.56. The Bertz CT molecular complexity index is 1670. The van der Waals surface area contributed by atoms with E-state index in [2.05, 4.69) is 9.97 Å². The highest BCUT2D eigenvalue weighted by Crippen LogP contribution is 2.39. The summed E-state index contributed by atoms with van der Waals surface area (Å²) in [6.45, 7) is 0. The van der Waals surface area contributed by atoms with Crippen LogP contribution in [-0.2, 0) is 12.8 Å². The van der Waals surface area contributed by atoms with Crippen LogP contribution in [0.15, 0.2) is 69.3 Å². The Labute approximate surface area is 208 Å². The predicted molar refractivity (Wildman–Crippen MR) is 139 cm³/mol. The Morgan fingerprint density at radius 3 is 2.77 bits per heavy atom. The first-order valence-corrected chi connectivity index (χ1v) is 13.1. The van der Waals surface area contributed by atoms with E-state index in [1.807, 2.05) is 30.3 Å². The van der Waals surface area contributed by atoms with Crippen LogP contribution in [-0.4, -0.2) is 19.9 Å². The van der Waals surface area contributed by atoms with Gasteiger partial charge in [-0.1, -0.05) is 36.4 Å². The van der Waals surface area contributed by atoms with E-state index in [1.54, 1.807) is 29.7 Å². The number of hydrogen-bond acceptors (Lipinski definition) is 7. The molecule has 0 unspecified atom stereocenters. The summed E-state index contributed by atoms with van der Waals surface area (Å²) in [4.78, 5) is 40.0. The number of rotatable bonds is 4. The fourth-order valence-corrected chi connectivity index (χ4v) is 6.93. The van der Waals surface area contributed by atoms with Crippen molar-refractivity contribution in [3.05, 3.63) is 85.6 Å². The summed E-state index contributed by atoms with van der Waals surface area (Å²) in [6.07, 6.45) is 6.98. The number of aromatic amines is 1. The second-order valence-corrected chi connectivity index (χ2v) is 10.7. The smallest absolute Gasteiger partial charge is 0.283 e. The molecule has 0 fully saturated rings. The highest BCUT2D eigenvalue weighted by atomic mass is 32.2. The molecule has 3 heterocycles. The van der Waals surface area contributed by atoms with Crippen LogP contribution < -0.4 is 5.56 Å². The number of benzene rings is 2. The van der Waals surface area contributed by atoms with Gasteiger partial charge >= 0.3 is 0 Å². The average Bonchev–Trinajstić information content (AvgIpc) is 3.06. The number of nitrogens with one attached hydrogen (secondary N) is 1. The fourth-order valence-electron chi connectivity index (χ4n) is 4.65.